The summed E-state index contributed by atoms with van der Waals surface area (Å²) in [6.07, 6.45) is 3.42. The Morgan fingerprint density at radius 2 is 2.46 bits per heavy atom. The van der Waals surface area contributed by atoms with Crippen LogP contribution in [0.1, 0.15) is 25.5 Å². The maximum atomic E-state index is 6.10. The van der Waals surface area contributed by atoms with E-state index in [0.717, 1.165) is 18.6 Å². The molecule has 0 bridgehead atoms. The van der Waals surface area contributed by atoms with Crippen molar-refractivity contribution in [2.24, 2.45) is 0 Å². The third-order valence-corrected chi connectivity index (χ3v) is 2.88. The summed E-state index contributed by atoms with van der Waals surface area (Å²) in [4.78, 5) is 0. The zero-order chi connectivity index (χ0) is 9.31. The fraction of sp³-hybridized carbons (Fsp3) is 0.600. The summed E-state index contributed by atoms with van der Waals surface area (Å²) in [6, 6.07) is 3.82. The van der Waals surface area contributed by atoms with Gasteiger partial charge in [-0.2, -0.15) is 0 Å². The Balaban J connectivity index is 2.20. The van der Waals surface area contributed by atoms with E-state index in [2.05, 4.69) is 0 Å². The smallest absolute Gasteiger partial charge is 0.135 e. The van der Waals surface area contributed by atoms with Crippen molar-refractivity contribution in [3.05, 3.63) is 24.2 Å². The van der Waals surface area contributed by atoms with Crippen molar-refractivity contribution in [3.8, 4) is 0 Å². The Morgan fingerprint density at radius 3 is 3.08 bits per heavy atom. The van der Waals surface area contributed by atoms with E-state index in [9.17, 15) is 0 Å². The van der Waals surface area contributed by atoms with Crippen LogP contribution < -0.4 is 0 Å². The molecule has 1 saturated heterocycles. The molecule has 0 saturated carbocycles. The highest BCUT2D eigenvalue weighted by atomic mass is 35.5. The summed E-state index contributed by atoms with van der Waals surface area (Å²) in [5.41, 5.74) is -0.325. The summed E-state index contributed by atoms with van der Waals surface area (Å²) >= 11 is 6.10. The van der Waals surface area contributed by atoms with Crippen LogP contribution in [0.25, 0.3) is 0 Å². The molecular formula is C10H13ClO2. The van der Waals surface area contributed by atoms with E-state index in [4.69, 9.17) is 20.8 Å². The van der Waals surface area contributed by atoms with Crippen molar-refractivity contribution in [3.63, 3.8) is 0 Å². The first-order valence-electron chi connectivity index (χ1n) is 4.53. The number of hydrogen-bond donors (Lipinski definition) is 0. The molecule has 2 heterocycles. The van der Waals surface area contributed by atoms with E-state index in [1.54, 1.807) is 6.26 Å². The second kappa shape index (κ2) is 3.35. The second-order valence-electron chi connectivity index (χ2n) is 3.65. The van der Waals surface area contributed by atoms with Crippen molar-refractivity contribution in [1.82, 2.24) is 0 Å². The number of furan rings is 1. The molecule has 72 valence electrons. The van der Waals surface area contributed by atoms with Crippen LogP contribution in [-0.2, 0) is 10.3 Å². The van der Waals surface area contributed by atoms with Gasteiger partial charge < -0.3 is 9.15 Å². The zero-order valence-corrected chi connectivity index (χ0v) is 8.38. The molecular weight excluding hydrogens is 188 g/mol. The summed E-state index contributed by atoms with van der Waals surface area (Å²) in [6.45, 7) is 2.74. The van der Waals surface area contributed by atoms with Crippen LogP contribution in [-0.4, -0.2) is 12.0 Å². The highest BCUT2D eigenvalue weighted by Gasteiger charge is 2.36. The van der Waals surface area contributed by atoms with Gasteiger partial charge in [0.25, 0.3) is 0 Å². The molecule has 2 rings (SSSR count). The molecule has 0 radical (unpaired) electrons. The van der Waals surface area contributed by atoms with Gasteiger partial charge in [0.15, 0.2) is 0 Å². The SMILES string of the molecule is CC1(c2ccco2)CC(Cl)CCO1. The molecule has 0 aromatic carbocycles. The van der Waals surface area contributed by atoms with Gasteiger partial charge in [-0.25, -0.2) is 0 Å². The van der Waals surface area contributed by atoms with Crippen LogP contribution >= 0.6 is 11.6 Å². The average Bonchev–Trinajstić information content (AvgIpc) is 2.55. The zero-order valence-electron chi connectivity index (χ0n) is 7.63. The quantitative estimate of drug-likeness (QED) is 0.651. The summed E-state index contributed by atoms with van der Waals surface area (Å²) < 4.78 is 11.0. The lowest BCUT2D eigenvalue weighted by Crippen LogP contribution is -2.34. The number of alkyl halides is 1. The van der Waals surface area contributed by atoms with Crippen molar-refractivity contribution < 1.29 is 9.15 Å². The van der Waals surface area contributed by atoms with Crippen molar-refractivity contribution in [2.75, 3.05) is 6.61 Å². The first-order chi connectivity index (χ1) is 6.21. The Hall–Kier alpha value is -0.470. The first kappa shape index (κ1) is 9.10. The normalized spacial score (nSPS) is 34.8. The van der Waals surface area contributed by atoms with Gasteiger partial charge in [-0.15, -0.1) is 11.6 Å². The third-order valence-electron chi connectivity index (χ3n) is 2.51. The van der Waals surface area contributed by atoms with Crippen molar-refractivity contribution in [2.45, 2.75) is 30.7 Å². The summed E-state index contributed by atoms with van der Waals surface area (Å²) in [5, 5.41) is 0.198. The molecule has 0 N–H and O–H groups in total. The molecule has 1 aliphatic rings. The van der Waals surface area contributed by atoms with Gasteiger partial charge in [0, 0.05) is 12.0 Å². The second-order valence-corrected chi connectivity index (χ2v) is 4.26. The highest BCUT2D eigenvalue weighted by Crippen LogP contribution is 2.36. The summed E-state index contributed by atoms with van der Waals surface area (Å²) in [7, 11) is 0. The van der Waals surface area contributed by atoms with Gasteiger partial charge in [0.2, 0.25) is 0 Å². The predicted molar refractivity (Wildman–Crippen MR) is 50.9 cm³/mol. The Labute approximate surface area is 82.8 Å². The highest BCUT2D eigenvalue weighted by molar-refractivity contribution is 6.20. The van der Waals surface area contributed by atoms with Gasteiger partial charge in [0.05, 0.1) is 6.26 Å². The minimum atomic E-state index is -0.325. The Bertz CT molecular complexity index is 270. The van der Waals surface area contributed by atoms with Crippen LogP contribution in [0.3, 0.4) is 0 Å². The maximum Gasteiger partial charge on any atom is 0.135 e. The van der Waals surface area contributed by atoms with Crippen LogP contribution in [0.5, 0.6) is 0 Å². The number of ether oxygens (including phenoxy) is 1. The van der Waals surface area contributed by atoms with Gasteiger partial charge in [-0.3, -0.25) is 0 Å². The van der Waals surface area contributed by atoms with Gasteiger partial charge in [0.1, 0.15) is 11.4 Å². The van der Waals surface area contributed by atoms with Crippen molar-refractivity contribution in [1.29, 1.82) is 0 Å². The number of rotatable bonds is 1. The fourth-order valence-corrected chi connectivity index (χ4v) is 2.13. The number of hydrogen-bond acceptors (Lipinski definition) is 2. The largest absolute Gasteiger partial charge is 0.466 e. The van der Waals surface area contributed by atoms with Crippen LogP contribution in [0.15, 0.2) is 22.8 Å². The van der Waals surface area contributed by atoms with Gasteiger partial charge in [-0.1, -0.05) is 0 Å². The van der Waals surface area contributed by atoms with E-state index >= 15 is 0 Å². The number of halogens is 1. The van der Waals surface area contributed by atoms with E-state index in [0.29, 0.717) is 6.61 Å². The molecule has 1 aromatic rings. The third kappa shape index (κ3) is 1.74. The molecule has 13 heavy (non-hydrogen) atoms. The Morgan fingerprint density at radius 1 is 1.62 bits per heavy atom. The van der Waals surface area contributed by atoms with E-state index in [1.807, 2.05) is 19.1 Å². The van der Waals surface area contributed by atoms with E-state index < -0.39 is 0 Å². The van der Waals surface area contributed by atoms with Crippen LogP contribution in [0.2, 0.25) is 0 Å². The molecule has 1 fully saturated rings. The molecule has 2 unspecified atom stereocenters. The lowest BCUT2D eigenvalue weighted by atomic mass is 9.93. The first-order valence-corrected chi connectivity index (χ1v) is 4.96. The standard InChI is InChI=1S/C10H13ClO2/c1-10(9-3-2-5-12-9)7-8(11)4-6-13-10/h2-3,5,8H,4,6-7H2,1H3. The molecule has 3 heteroatoms. The van der Waals surface area contributed by atoms with Crippen LogP contribution in [0.4, 0.5) is 0 Å². The van der Waals surface area contributed by atoms with Crippen molar-refractivity contribution >= 4 is 11.6 Å². The molecule has 2 atom stereocenters. The molecule has 2 nitrogen and oxygen atoms in total. The topological polar surface area (TPSA) is 22.4 Å². The molecule has 1 aromatic heterocycles. The molecule has 0 spiro atoms. The van der Waals surface area contributed by atoms with Gasteiger partial charge >= 0.3 is 0 Å². The van der Waals surface area contributed by atoms with Gasteiger partial charge in [-0.05, 0) is 31.9 Å². The predicted octanol–water partition coefficient (Wildman–Crippen LogP) is 2.91. The fourth-order valence-electron chi connectivity index (χ4n) is 1.75. The minimum Gasteiger partial charge on any atom is -0.466 e. The lowest BCUT2D eigenvalue weighted by Gasteiger charge is -2.34. The lowest BCUT2D eigenvalue weighted by molar-refractivity contribution is -0.0815. The maximum absolute atomic E-state index is 6.10. The molecule has 1 aliphatic heterocycles. The van der Waals surface area contributed by atoms with E-state index in [-0.39, 0.29) is 11.0 Å². The average molecular weight is 201 g/mol. The minimum absolute atomic E-state index is 0.198. The Kier molecular flexibility index (Phi) is 2.35. The summed E-state index contributed by atoms with van der Waals surface area (Å²) in [5.74, 6) is 0.873. The monoisotopic (exact) mass is 200 g/mol. The molecule has 0 aliphatic carbocycles. The van der Waals surface area contributed by atoms with Crippen LogP contribution in [0, 0.1) is 0 Å². The van der Waals surface area contributed by atoms with E-state index in [1.165, 1.54) is 0 Å². The molecule has 0 amide bonds.